The molecule has 0 spiro atoms. The second-order valence-electron chi connectivity index (χ2n) is 12.2. The standard InChI is InChI=1S/C35H28ClN11O10S3/c1-3-58(50,51)23-9-5-20(6-10-23)39-34-41-33(36)42-35(43-34)40-21-7-12-26(28(15-21)38-18(2)48)45-44-22-8-13-27(30(16-22)60(55,56)57)46-47-32-25(37)11-4-19-14-24(59(52,53)54)17-29(49)31(19)32/h3-17,49H,1,37H2,2H3,(H,38,48)(H,52,53,54)(H,55,56,57)(H2,39,40,41,42,43)/b45-44+,47-46+. The van der Waals surface area contributed by atoms with Crippen LogP contribution in [0.2, 0.25) is 5.28 Å². The average molecular weight is 894 g/mol. The lowest BCUT2D eigenvalue weighted by Crippen LogP contribution is -2.07. The maximum Gasteiger partial charge on any atom is 0.296 e. The van der Waals surface area contributed by atoms with Crippen molar-refractivity contribution in [1.29, 1.82) is 0 Å². The summed E-state index contributed by atoms with van der Waals surface area (Å²) in [6, 6.07) is 18.0. The number of aromatic nitrogens is 3. The number of aromatic hydroxyl groups is 1. The van der Waals surface area contributed by atoms with Crippen molar-refractivity contribution < 1.29 is 44.3 Å². The van der Waals surface area contributed by atoms with E-state index in [2.05, 4.69) is 57.9 Å². The molecule has 6 aromatic rings. The van der Waals surface area contributed by atoms with E-state index in [1.54, 1.807) is 0 Å². The largest absolute Gasteiger partial charge is 0.507 e. The normalized spacial score (nSPS) is 12.2. The summed E-state index contributed by atoms with van der Waals surface area (Å²) in [6.45, 7) is 4.55. The van der Waals surface area contributed by atoms with Crippen molar-refractivity contribution in [3.8, 4) is 5.75 Å². The van der Waals surface area contributed by atoms with Crippen LogP contribution in [0.25, 0.3) is 10.8 Å². The number of carbonyl (C=O) groups excluding carboxylic acids is 1. The van der Waals surface area contributed by atoms with Gasteiger partial charge >= 0.3 is 0 Å². The summed E-state index contributed by atoms with van der Waals surface area (Å²) in [5.74, 6) is -1.12. The quantitative estimate of drug-likeness (QED) is 0.0332. The van der Waals surface area contributed by atoms with Gasteiger partial charge in [-0.2, -0.15) is 36.9 Å². The van der Waals surface area contributed by atoms with E-state index < -0.39 is 51.5 Å². The van der Waals surface area contributed by atoms with Gasteiger partial charge in [-0.1, -0.05) is 12.6 Å². The molecule has 0 unspecified atom stereocenters. The fourth-order valence-electron chi connectivity index (χ4n) is 5.28. The Balaban J connectivity index is 1.26. The maximum atomic E-state index is 12.4. The van der Waals surface area contributed by atoms with E-state index in [4.69, 9.17) is 17.3 Å². The average Bonchev–Trinajstić information content (AvgIpc) is 3.16. The number of anilines is 6. The number of nitrogens with two attached hydrogens (primary N) is 1. The number of fused-ring (bicyclic) bond motifs is 1. The first-order valence-electron chi connectivity index (χ1n) is 16.5. The first-order chi connectivity index (χ1) is 28.2. The monoisotopic (exact) mass is 893 g/mol. The molecule has 0 aliphatic rings. The molecule has 8 N–H and O–H groups in total. The number of azo groups is 2. The molecular formula is C35H28ClN11O10S3. The van der Waals surface area contributed by atoms with Crippen molar-refractivity contribution in [2.75, 3.05) is 21.7 Å². The number of rotatable bonds is 13. The van der Waals surface area contributed by atoms with Gasteiger partial charge in [-0.05, 0) is 89.8 Å². The fourth-order valence-corrected chi connectivity index (χ4v) is 7.32. The first kappa shape index (κ1) is 42.6. The number of amides is 1. The van der Waals surface area contributed by atoms with Gasteiger partial charge in [-0.3, -0.25) is 13.9 Å². The molecule has 0 saturated heterocycles. The summed E-state index contributed by atoms with van der Waals surface area (Å²) in [4.78, 5) is 23.2. The lowest BCUT2D eigenvalue weighted by Gasteiger charge is -2.11. The number of nitrogen functional groups attached to an aromatic ring is 1. The molecule has 0 aliphatic heterocycles. The molecule has 0 bridgehead atoms. The zero-order valence-electron chi connectivity index (χ0n) is 30.4. The highest BCUT2D eigenvalue weighted by atomic mass is 35.5. The van der Waals surface area contributed by atoms with Crippen LogP contribution in [0.4, 0.5) is 57.4 Å². The van der Waals surface area contributed by atoms with Crippen LogP contribution in [0.1, 0.15) is 6.92 Å². The molecule has 6 rings (SSSR count). The summed E-state index contributed by atoms with van der Waals surface area (Å²) < 4.78 is 91.7. The summed E-state index contributed by atoms with van der Waals surface area (Å²) in [5.41, 5.74) is 6.37. The molecule has 0 saturated carbocycles. The summed E-state index contributed by atoms with van der Waals surface area (Å²) in [7, 11) is -13.3. The van der Waals surface area contributed by atoms with Gasteiger partial charge in [-0.15, -0.1) is 15.3 Å². The number of hydrogen-bond donors (Lipinski definition) is 7. The zero-order chi connectivity index (χ0) is 43.6. The number of benzene rings is 5. The van der Waals surface area contributed by atoms with E-state index in [0.29, 0.717) is 11.4 Å². The Labute approximate surface area is 345 Å². The van der Waals surface area contributed by atoms with Crippen molar-refractivity contribution in [3.63, 3.8) is 0 Å². The van der Waals surface area contributed by atoms with Crippen molar-refractivity contribution in [3.05, 3.63) is 102 Å². The molecule has 1 heterocycles. The van der Waals surface area contributed by atoms with Gasteiger partial charge in [0.1, 0.15) is 27.7 Å². The van der Waals surface area contributed by atoms with E-state index >= 15 is 0 Å². The molecule has 1 aromatic heterocycles. The number of phenols is 1. The molecule has 21 nitrogen and oxygen atoms in total. The highest BCUT2D eigenvalue weighted by Gasteiger charge is 2.20. The molecular weight excluding hydrogens is 866 g/mol. The van der Waals surface area contributed by atoms with Gasteiger partial charge in [0.05, 0.1) is 32.2 Å². The SMILES string of the molecule is C=CS(=O)(=O)c1ccc(Nc2nc(Cl)nc(Nc3ccc(/N=N/c4ccc(/N=N/c5c(N)ccc6cc(S(=O)(=O)O)cc(O)c56)c(S(=O)(=O)O)c4)c(NC(C)=O)c3)n2)cc1. The number of sulfone groups is 1. The molecule has 5 aromatic carbocycles. The van der Waals surface area contributed by atoms with Gasteiger partial charge < -0.3 is 26.8 Å². The Morgan fingerprint density at radius 1 is 0.750 bits per heavy atom. The van der Waals surface area contributed by atoms with E-state index in [9.17, 15) is 44.3 Å². The predicted octanol–water partition coefficient (Wildman–Crippen LogP) is 7.65. The second kappa shape index (κ2) is 16.7. The van der Waals surface area contributed by atoms with Crippen molar-refractivity contribution in [2.45, 2.75) is 21.6 Å². The number of halogens is 1. The predicted molar refractivity (Wildman–Crippen MR) is 220 cm³/mol. The molecule has 1 amide bonds. The lowest BCUT2D eigenvalue weighted by atomic mass is 10.1. The minimum absolute atomic E-state index is 0.00920. The third kappa shape index (κ3) is 10.0. The first-order valence-corrected chi connectivity index (χ1v) is 21.3. The third-order valence-corrected chi connectivity index (χ3v) is 11.2. The van der Waals surface area contributed by atoms with Crippen LogP contribution in [-0.4, -0.2) is 60.3 Å². The van der Waals surface area contributed by atoms with Gasteiger partial charge in [0.15, 0.2) is 9.84 Å². The van der Waals surface area contributed by atoms with E-state index in [-0.39, 0.29) is 67.0 Å². The summed E-state index contributed by atoms with van der Waals surface area (Å²) >= 11 is 6.14. The van der Waals surface area contributed by atoms with Crippen LogP contribution in [0.15, 0.2) is 132 Å². The Morgan fingerprint density at radius 3 is 2.02 bits per heavy atom. The van der Waals surface area contributed by atoms with Crippen LogP contribution in [0, 0.1) is 0 Å². The van der Waals surface area contributed by atoms with Crippen LogP contribution in [-0.2, 0) is 34.9 Å². The topological polar surface area (TPSA) is 330 Å². The van der Waals surface area contributed by atoms with Gasteiger partial charge in [0.25, 0.3) is 20.2 Å². The second-order valence-corrected chi connectivity index (χ2v) is 17.2. The fraction of sp³-hybridized carbons (Fsp3) is 0.0286. The minimum Gasteiger partial charge on any atom is -0.507 e. The zero-order valence-corrected chi connectivity index (χ0v) is 33.6. The lowest BCUT2D eigenvalue weighted by molar-refractivity contribution is -0.114. The third-order valence-electron chi connectivity index (χ3n) is 7.95. The Morgan fingerprint density at radius 2 is 1.38 bits per heavy atom. The summed E-state index contributed by atoms with van der Waals surface area (Å²) in [6.07, 6.45) is 0. The number of hydrogen-bond acceptors (Lipinski definition) is 18. The summed E-state index contributed by atoms with van der Waals surface area (Å²) in [5, 5.41) is 35.8. The minimum atomic E-state index is -4.97. The van der Waals surface area contributed by atoms with E-state index in [1.807, 2.05) is 0 Å². The maximum absolute atomic E-state index is 12.4. The Hall–Kier alpha value is -6.96. The smallest absolute Gasteiger partial charge is 0.296 e. The Bertz CT molecular complexity index is 3130. The number of nitrogens with one attached hydrogen (secondary N) is 3. The number of phenolic OH excluding ortho intramolecular Hbond substituents is 1. The van der Waals surface area contributed by atoms with Crippen LogP contribution < -0.4 is 21.7 Å². The number of nitrogens with zero attached hydrogens (tertiary/aromatic N) is 7. The molecule has 60 heavy (non-hydrogen) atoms. The van der Waals surface area contributed by atoms with Crippen LogP contribution >= 0.6 is 11.6 Å². The van der Waals surface area contributed by atoms with Crippen molar-refractivity contribution in [2.24, 2.45) is 20.5 Å². The molecule has 0 radical (unpaired) electrons. The molecule has 0 aliphatic carbocycles. The molecule has 0 fully saturated rings. The van der Waals surface area contributed by atoms with Gasteiger partial charge in [0, 0.05) is 29.8 Å². The van der Waals surface area contributed by atoms with Crippen LogP contribution in [0.3, 0.4) is 0 Å². The molecule has 25 heteroatoms. The van der Waals surface area contributed by atoms with E-state index in [1.165, 1.54) is 67.6 Å². The molecule has 308 valence electrons. The van der Waals surface area contributed by atoms with Gasteiger partial charge in [-0.25, -0.2) is 8.42 Å². The molecule has 0 atom stereocenters. The van der Waals surface area contributed by atoms with E-state index in [0.717, 1.165) is 29.7 Å². The van der Waals surface area contributed by atoms with Crippen LogP contribution in [0.5, 0.6) is 5.75 Å². The highest BCUT2D eigenvalue weighted by Crippen LogP contribution is 2.41. The van der Waals surface area contributed by atoms with Gasteiger partial charge in [0.2, 0.25) is 23.1 Å². The highest BCUT2D eigenvalue weighted by molar-refractivity contribution is 7.94. The Kier molecular flexibility index (Phi) is 11.9. The van der Waals surface area contributed by atoms with Crippen molar-refractivity contribution >= 4 is 116 Å². The number of carbonyl (C=O) groups is 1. The van der Waals surface area contributed by atoms with Crippen molar-refractivity contribution in [1.82, 2.24) is 15.0 Å².